The van der Waals surface area contributed by atoms with E-state index in [1.165, 1.54) is 44.5 Å². The lowest BCUT2D eigenvalue weighted by Gasteiger charge is -2.33. The quantitative estimate of drug-likeness (QED) is 0.126. The number of nitrogens with one attached hydrogen (secondary N) is 1. The molecule has 0 atom stereocenters. The largest absolute Gasteiger partial charge is 0.356 e. The van der Waals surface area contributed by atoms with Crippen LogP contribution in [-0.2, 0) is 10.8 Å². The van der Waals surface area contributed by atoms with Crippen molar-refractivity contribution in [2.75, 3.05) is 5.32 Å². The molecule has 0 heterocycles. The molecule has 2 aliphatic carbocycles. The summed E-state index contributed by atoms with van der Waals surface area (Å²) in [5.41, 5.74) is 14.2. The molecule has 4 aromatic rings. The van der Waals surface area contributed by atoms with Gasteiger partial charge in [-0.2, -0.15) is 0 Å². The molecule has 3 heteroatoms. The van der Waals surface area contributed by atoms with Crippen LogP contribution in [-0.4, -0.2) is 12.6 Å². The van der Waals surface area contributed by atoms with Gasteiger partial charge in [-0.25, -0.2) is 0 Å². The number of hydrogen-bond acceptors (Lipinski definition) is 3. The second kappa shape index (κ2) is 14.0. The van der Waals surface area contributed by atoms with Crippen molar-refractivity contribution in [3.8, 4) is 22.3 Å². The molecule has 4 aromatic carbocycles. The van der Waals surface area contributed by atoms with E-state index in [9.17, 15) is 9.59 Å². The van der Waals surface area contributed by atoms with Crippen molar-refractivity contribution >= 4 is 23.9 Å². The van der Waals surface area contributed by atoms with E-state index < -0.39 is 0 Å². The minimum absolute atomic E-state index is 0.0846. The Morgan fingerprint density at radius 2 is 0.787 bits per heavy atom. The zero-order chi connectivity index (χ0) is 33.0. The van der Waals surface area contributed by atoms with Crippen molar-refractivity contribution in [1.82, 2.24) is 0 Å². The molecular formula is C44H51NO2. The van der Waals surface area contributed by atoms with Crippen LogP contribution >= 0.6 is 0 Å². The van der Waals surface area contributed by atoms with Gasteiger partial charge < -0.3 is 5.32 Å². The van der Waals surface area contributed by atoms with Crippen LogP contribution in [0.2, 0.25) is 0 Å². The van der Waals surface area contributed by atoms with E-state index in [1.807, 2.05) is 12.1 Å². The molecule has 0 bridgehead atoms. The second-order valence-electron chi connectivity index (χ2n) is 14.1. The molecule has 244 valence electrons. The van der Waals surface area contributed by atoms with Gasteiger partial charge in [-0.15, -0.1) is 0 Å². The third kappa shape index (κ3) is 5.77. The number of unbranched alkanes of at least 4 members (excludes halogenated alkanes) is 4. The van der Waals surface area contributed by atoms with Gasteiger partial charge in [0.15, 0.2) is 0 Å². The number of benzene rings is 4. The molecule has 0 aromatic heterocycles. The number of anilines is 2. The van der Waals surface area contributed by atoms with Crippen molar-refractivity contribution in [3.05, 3.63) is 106 Å². The maximum absolute atomic E-state index is 11.9. The zero-order valence-electron chi connectivity index (χ0n) is 28.9. The fraction of sp³-hybridized carbons (Fsp3) is 0.409. The maximum atomic E-state index is 11.9. The van der Waals surface area contributed by atoms with Crippen molar-refractivity contribution in [2.45, 2.75) is 116 Å². The average molecular weight is 626 g/mol. The smallest absolute Gasteiger partial charge is 0.150 e. The summed E-state index contributed by atoms with van der Waals surface area (Å²) in [6.07, 6.45) is 15.5. The molecule has 3 nitrogen and oxygen atoms in total. The highest BCUT2D eigenvalue weighted by Gasteiger charge is 2.44. The maximum Gasteiger partial charge on any atom is 0.150 e. The number of rotatable bonds is 16. The SMILES string of the molecule is CCCCC1(CCCC)c2cc(C=O)ccc2-c2ccc(Nc3ccc4c(c3)C(CCCC)(CCCC)c3cc(C=O)ccc3-4)cc21. The lowest BCUT2D eigenvalue weighted by atomic mass is 9.70. The van der Waals surface area contributed by atoms with Crippen molar-refractivity contribution in [2.24, 2.45) is 0 Å². The first kappa shape index (κ1) is 32.9. The molecule has 0 fully saturated rings. The topological polar surface area (TPSA) is 46.2 Å². The van der Waals surface area contributed by atoms with Gasteiger partial charge in [0, 0.05) is 33.3 Å². The Bertz CT molecular complexity index is 1620. The van der Waals surface area contributed by atoms with Crippen LogP contribution in [0.1, 0.15) is 148 Å². The molecule has 0 saturated carbocycles. The van der Waals surface area contributed by atoms with Crippen LogP contribution in [0.15, 0.2) is 72.8 Å². The molecule has 0 amide bonds. The summed E-state index contributed by atoms with van der Waals surface area (Å²) in [4.78, 5) is 23.8. The summed E-state index contributed by atoms with van der Waals surface area (Å²) in [5, 5.41) is 3.85. The summed E-state index contributed by atoms with van der Waals surface area (Å²) < 4.78 is 0. The first-order valence-electron chi connectivity index (χ1n) is 18.2. The van der Waals surface area contributed by atoms with Crippen molar-refractivity contribution < 1.29 is 9.59 Å². The van der Waals surface area contributed by atoms with E-state index in [0.717, 1.165) is 112 Å². The highest BCUT2D eigenvalue weighted by atomic mass is 16.1. The van der Waals surface area contributed by atoms with E-state index in [4.69, 9.17) is 0 Å². The Balaban J connectivity index is 1.43. The van der Waals surface area contributed by atoms with Crippen LogP contribution in [0, 0.1) is 0 Å². The summed E-state index contributed by atoms with van der Waals surface area (Å²) in [6.45, 7) is 9.10. The Morgan fingerprint density at radius 1 is 0.468 bits per heavy atom. The minimum atomic E-state index is -0.0846. The van der Waals surface area contributed by atoms with Gasteiger partial charge in [0.05, 0.1) is 0 Å². The van der Waals surface area contributed by atoms with Crippen LogP contribution in [0.25, 0.3) is 22.3 Å². The predicted octanol–water partition coefficient (Wildman–Crippen LogP) is 12.3. The van der Waals surface area contributed by atoms with E-state index in [0.29, 0.717) is 0 Å². The van der Waals surface area contributed by atoms with Crippen LogP contribution < -0.4 is 5.32 Å². The van der Waals surface area contributed by atoms with E-state index >= 15 is 0 Å². The molecule has 0 unspecified atom stereocenters. The van der Waals surface area contributed by atoms with Gasteiger partial charge in [0.1, 0.15) is 12.6 Å². The Hall–Kier alpha value is -3.98. The molecule has 6 rings (SSSR count). The number of carbonyl (C=O) groups excluding carboxylic acids is 2. The zero-order valence-corrected chi connectivity index (χ0v) is 28.9. The second-order valence-corrected chi connectivity index (χ2v) is 14.1. The molecule has 1 N–H and O–H groups in total. The Labute approximate surface area is 282 Å². The fourth-order valence-electron chi connectivity index (χ4n) is 8.74. The first-order chi connectivity index (χ1) is 23.0. The Morgan fingerprint density at radius 3 is 1.11 bits per heavy atom. The number of hydrogen-bond donors (Lipinski definition) is 1. The monoisotopic (exact) mass is 625 g/mol. The average Bonchev–Trinajstić information content (AvgIpc) is 3.53. The number of carbonyl (C=O) groups is 2. The van der Waals surface area contributed by atoms with E-state index in [1.54, 1.807) is 0 Å². The molecule has 47 heavy (non-hydrogen) atoms. The van der Waals surface area contributed by atoms with Crippen LogP contribution in [0.4, 0.5) is 11.4 Å². The lowest BCUT2D eigenvalue weighted by molar-refractivity contribution is 0.111. The van der Waals surface area contributed by atoms with E-state index in [2.05, 4.69) is 93.7 Å². The fourth-order valence-corrected chi connectivity index (χ4v) is 8.74. The van der Waals surface area contributed by atoms with Gasteiger partial charge >= 0.3 is 0 Å². The van der Waals surface area contributed by atoms with Crippen LogP contribution in [0.3, 0.4) is 0 Å². The van der Waals surface area contributed by atoms with Crippen molar-refractivity contribution in [1.29, 1.82) is 0 Å². The highest BCUT2D eigenvalue weighted by molar-refractivity contribution is 5.88. The molecular weight excluding hydrogens is 574 g/mol. The van der Waals surface area contributed by atoms with Crippen LogP contribution in [0.5, 0.6) is 0 Å². The summed E-state index contributed by atoms with van der Waals surface area (Å²) in [6, 6.07) is 26.5. The molecule has 0 spiro atoms. The van der Waals surface area contributed by atoms with Gasteiger partial charge in [-0.05, 0) is 107 Å². The number of fused-ring (bicyclic) bond motifs is 6. The van der Waals surface area contributed by atoms with Crippen molar-refractivity contribution in [3.63, 3.8) is 0 Å². The third-order valence-electron chi connectivity index (χ3n) is 11.2. The molecule has 0 aliphatic heterocycles. The molecule has 0 radical (unpaired) electrons. The predicted molar refractivity (Wildman–Crippen MR) is 197 cm³/mol. The highest BCUT2D eigenvalue weighted by Crippen LogP contribution is 2.57. The summed E-state index contributed by atoms with van der Waals surface area (Å²) in [7, 11) is 0. The summed E-state index contributed by atoms with van der Waals surface area (Å²) >= 11 is 0. The third-order valence-corrected chi connectivity index (χ3v) is 11.2. The summed E-state index contributed by atoms with van der Waals surface area (Å²) in [5.74, 6) is 0. The van der Waals surface area contributed by atoms with Gasteiger partial charge in [0.25, 0.3) is 0 Å². The standard InChI is InChI=1S/C44H51NO2/c1-5-9-21-43(22-10-6-2)39-25-31(29-46)13-17-35(39)37-19-15-33(27-41(37)43)45-34-16-20-38-36-18-14-32(30-47)26-40(36)44(23-11-7-3,24-12-8-4)42(38)28-34/h13-20,25-30,45H,5-12,21-24H2,1-4H3. The molecule has 0 saturated heterocycles. The van der Waals surface area contributed by atoms with E-state index in [-0.39, 0.29) is 10.8 Å². The van der Waals surface area contributed by atoms with Gasteiger partial charge in [-0.3, -0.25) is 9.59 Å². The lowest BCUT2D eigenvalue weighted by Crippen LogP contribution is -2.26. The minimum Gasteiger partial charge on any atom is -0.356 e. The van der Waals surface area contributed by atoms with Gasteiger partial charge in [-0.1, -0.05) is 115 Å². The molecule has 2 aliphatic rings. The van der Waals surface area contributed by atoms with Gasteiger partial charge in [0.2, 0.25) is 0 Å². The first-order valence-corrected chi connectivity index (χ1v) is 18.2. The number of aldehydes is 2. The normalized spacial score (nSPS) is 14.6. The Kier molecular flexibility index (Phi) is 9.82.